The van der Waals surface area contributed by atoms with E-state index in [0.29, 0.717) is 35.0 Å². The molecule has 4 aliphatic carbocycles. The van der Waals surface area contributed by atoms with Crippen molar-refractivity contribution >= 4 is 17.5 Å². The van der Waals surface area contributed by atoms with Crippen LogP contribution in [0.2, 0.25) is 0 Å². The quantitative estimate of drug-likeness (QED) is 0.720. The monoisotopic (exact) mass is 459 g/mol. The molecule has 2 aromatic heterocycles. The number of hydrogen-bond donors (Lipinski definition) is 2. The van der Waals surface area contributed by atoms with E-state index in [1.807, 2.05) is 33.7 Å². The third-order valence-corrected chi connectivity index (χ3v) is 10.8. The molecule has 7 unspecified atom stereocenters. The van der Waals surface area contributed by atoms with Crippen LogP contribution in [0.15, 0.2) is 24.4 Å². The molecule has 34 heavy (non-hydrogen) atoms. The molecule has 0 aromatic carbocycles. The third-order valence-electron chi connectivity index (χ3n) is 10.8. The van der Waals surface area contributed by atoms with Crippen molar-refractivity contribution in [2.24, 2.45) is 28.6 Å². The maximum Gasteiger partial charge on any atom is 0.268 e. The molecule has 178 valence electrons. The summed E-state index contributed by atoms with van der Waals surface area (Å²) in [6, 6.07) is 6.46. The van der Waals surface area contributed by atoms with Crippen molar-refractivity contribution in [1.29, 1.82) is 0 Å². The number of nitrogens with zero attached hydrogens (tertiary/aromatic N) is 3. The molecule has 2 aliphatic heterocycles. The lowest BCUT2D eigenvalue weighted by molar-refractivity contribution is -0.131. The Bertz CT molecular complexity index is 1220. The van der Waals surface area contributed by atoms with Crippen molar-refractivity contribution < 1.29 is 9.59 Å². The number of amides is 2. The summed E-state index contributed by atoms with van der Waals surface area (Å²) in [5.74, 6) is 2.89. The summed E-state index contributed by atoms with van der Waals surface area (Å²) in [6.45, 7) is 2.51. The van der Waals surface area contributed by atoms with Crippen LogP contribution in [-0.2, 0) is 11.2 Å². The SMILES string of the molecule is O=C(NCC12CC3CC4CC(C1)C2(C4)C3)c1cccc2nc(CC(=O)N3CC4CC3CN4)cn12. The number of carbonyl (C=O) groups is 2. The summed E-state index contributed by atoms with van der Waals surface area (Å²) in [4.78, 5) is 33.0. The van der Waals surface area contributed by atoms with Gasteiger partial charge < -0.3 is 15.5 Å². The van der Waals surface area contributed by atoms with E-state index in [1.165, 1.54) is 38.5 Å². The first-order chi connectivity index (χ1) is 16.5. The van der Waals surface area contributed by atoms with Crippen LogP contribution in [0.1, 0.15) is 61.1 Å². The maximum absolute atomic E-state index is 13.4. The lowest BCUT2D eigenvalue weighted by atomic mass is 9.46. The Morgan fingerprint density at radius 1 is 1.12 bits per heavy atom. The first-order valence-electron chi connectivity index (χ1n) is 13.3. The van der Waals surface area contributed by atoms with E-state index in [1.54, 1.807) is 0 Å². The summed E-state index contributed by atoms with van der Waals surface area (Å²) in [5, 5.41) is 6.79. The molecule has 1 spiro atoms. The first-order valence-corrected chi connectivity index (χ1v) is 13.3. The fourth-order valence-corrected chi connectivity index (χ4v) is 9.69. The van der Waals surface area contributed by atoms with Crippen molar-refractivity contribution in [3.05, 3.63) is 35.8 Å². The molecule has 2 N–H and O–H groups in total. The van der Waals surface area contributed by atoms with Gasteiger partial charge in [-0.05, 0) is 85.7 Å². The van der Waals surface area contributed by atoms with E-state index < -0.39 is 0 Å². The van der Waals surface area contributed by atoms with Crippen molar-refractivity contribution in [2.45, 2.75) is 63.5 Å². The number of aromatic nitrogens is 2. The molecular weight excluding hydrogens is 426 g/mol. The molecule has 2 aromatic rings. The average Bonchev–Trinajstić information content (AvgIpc) is 3.60. The van der Waals surface area contributed by atoms with Crippen LogP contribution in [0.5, 0.6) is 0 Å². The van der Waals surface area contributed by atoms with E-state index in [9.17, 15) is 9.59 Å². The minimum absolute atomic E-state index is 0.0194. The number of rotatable bonds is 5. The molecule has 7 heteroatoms. The number of nitrogens with one attached hydrogen (secondary N) is 2. The highest BCUT2D eigenvalue weighted by molar-refractivity contribution is 5.93. The normalized spacial score (nSPS) is 40.7. The Labute approximate surface area is 199 Å². The van der Waals surface area contributed by atoms with Gasteiger partial charge in [0.25, 0.3) is 5.91 Å². The second kappa shape index (κ2) is 6.62. The molecule has 4 saturated carbocycles. The smallest absolute Gasteiger partial charge is 0.268 e. The number of pyridine rings is 1. The Morgan fingerprint density at radius 3 is 2.88 bits per heavy atom. The standard InChI is InChI=1S/C27H33N5O2/c33-24(31-13-19-6-21(31)12-28-19)7-20-14-32-22(2-1-3-23(32)30-20)25(34)29-15-26-8-17-4-16-5-18(11-26)27(26,9-16)10-17/h1-3,14,16-19,21,28H,4-13,15H2,(H,29,34). The van der Waals surface area contributed by atoms with Crippen LogP contribution in [-0.4, -0.2) is 57.8 Å². The number of hydrogen-bond acceptors (Lipinski definition) is 4. The maximum atomic E-state index is 13.4. The lowest BCUT2D eigenvalue weighted by Gasteiger charge is -2.59. The van der Waals surface area contributed by atoms with Crippen molar-refractivity contribution in [3.63, 3.8) is 0 Å². The zero-order valence-electron chi connectivity index (χ0n) is 19.6. The topological polar surface area (TPSA) is 78.7 Å². The molecule has 8 rings (SSSR count). The largest absolute Gasteiger partial charge is 0.350 e. The molecule has 6 aliphatic rings. The van der Waals surface area contributed by atoms with E-state index in [0.717, 1.165) is 55.1 Å². The number of likely N-dealkylation sites (tertiary alicyclic amines) is 1. The van der Waals surface area contributed by atoms with Gasteiger partial charge in [-0.25, -0.2) is 4.98 Å². The molecule has 7 atom stereocenters. The Kier molecular flexibility index (Phi) is 3.87. The van der Waals surface area contributed by atoms with Crippen LogP contribution in [0.4, 0.5) is 0 Å². The summed E-state index contributed by atoms with van der Waals surface area (Å²) >= 11 is 0. The van der Waals surface area contributed by atoms with Crippen LogP contribution < -0.4 is 10.6 Å². The van der Waals surface area contributed by atoms with Crippen molar-refractivity contribution in [2.75, 3.05) is 19.6 Å². The Hall–Kier alpha value is -2.41. The van der Waals surface area contributed by atoms with Gasteiger partial charge in [0.1, 0.15) is 11.3 Å². The average molecular weight is 460 g/mol. The molecule has 2 amide bonds. The van der Waals surface area contributed by atoms with E-state index in [4.69, 9.17) is 0 Å². The second-order valence-electron chi connectivity index (χ2n) is 12.4. The number of piperazine rings is 1. The molecule has 6 fully saturated rings. The minimum Gasteiger partial charge on any atom is -0.350 e. The Morgan fingerprint density at radius 2 is 2.03 bits per heavy atom. The predicted octanol–water partition coefficient (Wildman–Crippen LogP) is 2.40. The van der Waals surface area contributed by atoms with Gasteiger partial charge in [0.2, 0.25) is 5.91 Å². The van der Waals surface area contributed by atoms with Gasteiger partial charge in [0, 0.05) is 37.9 Å². The fraction of sp³-hybridized carbons (Fsp3) is 0.667. The summed E-state index contributed by atoms with van der Waals surface area (Å²) in [7, 11) is 0. The van der Waals surface area contributed by atoms with Crippen LogP contribution in [0, 0.1) is 28.6 Å². The Balaban J connectivity index is 0.999. The number of imidazole rings is 1. The predicted molar refractivity (Wildman–Crippen MR) is 126 cm³/mol. The molecule has 0 radical (unpaired) electrons. The van der Waals surface area contributed by atoms with Crippen molar-refractivity contribution in [1.82, 2.24) is 24.9 Å². The zero-order valence-corrected chi connectivity index (χ0v) is 19.6. The highest BCUT2D eigenvalue weighted by Gasteiger charge is 2.73. The van der Waals surface area contributed by atoms with Crippen molar-refractivity contribution in [3.8, 4) is 0 Å². The lowest BCUT2D eigenvalue weighted by Crippen LogP contribution is -2.57. The van der Waals surface area contributed by atoms with Gasteiger partial charge >= 0.3 is 0 Å². The molecule has 4 heterocycles. The van der Waals surface area contributed by atoms with Crippen LogP contribution in [0.3, 0.4) is 0 Å². The van der Waals surface area contributed by atoms with E-state index >= 15 is 0 Å². The van der Waals surface area contributed by atoms with Gasteiger partial charge in [0.05, 0.1) is 12.1 Å². The van der Waals surface area contributed by atoms with Gasteiger partial charge in [-0.15, -0.1) is 0 Å². The van der Waals surface area contributed by atoms with Gasteiger partial charge in [0.15, 0.2) is 0 Å². The van der Waals surface area contributed by atoms with Gasteiger partial charge in [-0.3, -0.25) is 14.0 Å². The summed E-state index contributed by atoms with van der Waals surface area (Å²) in [5.41, 5.74) is 2.96. The van der Waals surface area contributed by atoms with E-state index in [-0.39, 0.29) is 11.8 Å². The second-order valence-corrected chi connectivity index (χ2v) is 12.4. The van der Waals surface area contributed by atoms with Crippen LogP contribution in [0.25, 0.3) is 5.65 Å². The summed E-state index contributed by atoms with van der Waals surface area (Å²) in [6.07, 6.45) is 11.6. The summed E-state index contributed by atoms with van der Waals surface area (Å²) < 4.78 is 1.87. The number of fused-ring (bicyclic) bond motifs is 5. The fourth-order valence-electron chi connectivity index (χ4n) is 9.69. The molecule has 7 nitrogen and oxygen atoms in total. The zero-order chi connectivity index (χ0) is 22.7. The molecular formula is C27H33N5O2. The van der Waals surface area contributed by atoms with Crippen LogP contribution >= 0.6 is 0 Å². The highest BCUT2D eigenvalue weighted by Crippen LogP contribution is 2.81. The third kappa shape index (κ3) is 2.54. The van der Waals surface area contributed by atoms with E-state index in [2.05, 4.69) is 15.6 Å². The first kappa shape index (κ1) is 19.8. The molecule has 5 bridgehead atoms. The van der Waals surface area contributed by atoms with Gasteiger partial charge in [-0.2, -0.15) is 0 Å². The highest BCUT2D eigenvalue weighted by atomic mass is 16.2. The van der Waals surface area contributed by atoms with Gasteiger partial charge in [-0.1, -0.05) is 6.07 Å². The molecule has 2 saturated heterocycles. The minimum atomic E-state index is -0.0194. The number of carbonyl (C=O) groups excluding carboxylic acids is 2.